The van der Waals surface area contributed by atoms with E-state index < -0.39 is 5.97 Å². The zero-order valence-electron chi connectivity index (χ0n) is 19.0. The van der Waals surface area contributed by atoms with Crippen LogP contribution in [0.4, 0.5) is 0 Å². The number of nitrogens with zero attached hydrogens (tertiary/aromatic N) is 2. The van der Waals surface area contributed by atoms with Crippen molar-refractivity contribution in [2.45, 2.75) is 31.3 Å². The van der Waals surface area contributed by atoms with Gasteiger partial charge in [-0.05, 0) is 48.7 Å². The first kappa shape index (κ1) is 23.7. The van der Waals surface area contributed by atoms with Crippen LogP contribution in [0.2, 0.25) is 5.02 Å². The topological polar surface area (TPSA) is 79.7 Å². The standard InChI is InChI=1S/C25H21ClN2O5S2/c1-3-31-24(30)21-14(2)20-22(35-21)27-25(34-12-16-6-4-5-7-17(16)26)28(23(20)29)11-15-8-9-18-19(10-15)33-13-32-18/h4-10H,3,11-13H2,1-2H3. The molecule has 0 saturated heterocycles. The number of benzene rings is 2. The largest absolute Gasteiger partial charge is 0.462 e. The molecular formula is C25H21ClN2O5S2. The maximum absolute atomic E-state index is 13.8. The second-order valence-corrected chi connectivity index (χ2v) is 10.2. The number of ether oxygens (including phenoxy) is 3. The normalized spacial score (nSPS) is 12.3. The number of aryl methyl sites for hydroxylation is 1. The van der Waals surface area contributed by atoms with E-state index in [0.29, 0.717) is 48.1 Å². The molecule has 0 amide bonds. The number of fused-ring (bicyclic) bond motifs is 2. The highest BCUT2D eigenvalue weighted by molar-refractivity contribution is 7.98. The number of esters is 1. The van der Waals surface area contributed by atoms with Gasteiger partial charge >= 0.3 is 5.97 Å². The lowest BCUT2D eigenvalue weighted by Gasteiger charge is -2.13. The highest BCUT2D eigenvalue weighted by Crippen LogP contribution is 2.34. The van der Waals surface area contributed by atoms with Crippen LogP contribution in [0.3, 0.4) is 0 Å². The Morgan fingerprint density at radius 3 is 2.83 bits per heavy atom. The van der Waals surface area contributed by atoms with Gasteiger partial charge in [0.2, 0.25) is 6.79 Å². The Hall–Kier alpha value is -3.01. The van der Waals surface area contributed by atoms with Crippen LogP contribution >= 0.6 is 34.7 Å². The smallest absolute Gasteiger partial charge is 0.348 e. The van der Waals surface area contributed by atoms with Crippen molar-refractivity contribution in [1.82, 2.24) is 9.55 Å². The van der Waals surface area contributed by atoms with Crippen LogP contribution < -0.4 is 15.0 Å². The summed E-state index contributed by atoms with van der Waals surface area (Å²) in [4.78, 5) is 32.0. The lowest BCUT2D eigenvalue weighted by molar-refractivity contribution is 0.0531. The van der Waals surface area contributed by atoms with Crippen molar-refractivity contribution in [2.75, 3.05) is 13.4 Å². The van der Waals surface area contributed by atoms with E-state index in [-0.39, 0.29) is 25.5 Å². The van der Waals surface area contributed by atoms with Gasteiger partial charge in [0.15, 0.2) is 16.7 Å². The molecule has 1 aliphatic heterocycles. The van der Waals surface area contributed by atoms with Crippen LogP contribution in [0.25, 0.3) is 10.2 Å². The number of aromatic nitrogens is 2. The third kappa shape index (κ3) is 4.63. The first-order valence-electron chi connectivity index (χ1n) is 10.9. The molecular weight excluding hydrogens is 508 g/mol. The number of hydrogen-bond donors (Lipinski definition) is 0. The van der Waals surface area contributed by atoms with Crippen LogP contribution in [-0.2, 0) is 17.0 Å². The minimum absolute atomic E-state index is 0.177. The maximum Gasteiger partial charge on any atom is 0.348 e. The van der Waals surface area contributed by atoms with Gasteiger partial charge in [0.1, 0.15) is 9.71 Å². The Kier molecular flexibility index (Phi) is 6.73. The third-order valence-electron chi connectivity index (χ3n) is 5.57. The molecule has 0 aliphatic carbocycles. The zero-order chi connectivity index (χ0) is 24.5. The molecule has 0 saturated carbocycles. The monoisotopic (exact) mass is 528 g/mol. The predicted octanol–water partition coefficient (Wildman–Crippen LogP) is 5.67. The molecule has 0 unspecified atom stereocenters. The van der Waals surface area contributed by atoms with Gasteiger partial charge in [-0.1, -0.05) is 47.6 Å². The second kappa shape index (κ2) is 9.93. The predicted molar refractivity (Wildman–Crippen MR) is 137 cm³/mol. The van der Waals surface area contributed by atoms with Gasteiger partial charge in [-0.25, -0.2) is 9.78 Å². The van der Waals surface area contributed by atoms with E-state index in [1.165, 1.54) is 23.1 Å². The van der Waals surface area contributed by atoms with Gasteiger partial charge in [0.25, 0.3) is 5.56 Å². The van der Waals surface area contributed by atoms with Crippen LogP contribution in [0.5, 0.6) is 11.5 Å². The lowest BCUT2D eigenvalue weighted by Crippen LogP contribution is -2.24. The van der Waals surface area contributed by atoms with Gasteiger partial charge in [-0.2, -0.15) is 0 Å². The number of carbonyl (C=O) groups excluding carboxylic acids is 1. The Morgan fingerprint density at radius 1 is 1.23 bits per heavy atom. The fourth-order valence-corrected chi connectivity index (χ4v) is 6.22. The molecule has 2 aromatic heterocycles. The average molecular weight is 529 g/mol. The van der Waals surface area contributed by atoms with E-state index in [4.69, 9.17) is 30.8 Å². The minimum Gasteiger partial charge on any atom is -0.462 e. The number of hydrogen-bond acceptors (Lipinski definition) is 8. The number of thiophene rings is 1. The first-order valence-corrected chi connectivity index (χ1v) is 13.1. The fourth-order valence-electron chi connectivity index (χ4n) is 3.82. The van der Waals surface area contributed by atoms with E-state index in [1.807, 2.05) is 42.5 Å². The highest BCUT2D eigenvalue weighted by atomic mass is 35.5. The summed E-state index contributed by atoms with van der Waals surface area (Å²) in [5.74, 6) is 1.41. The summed E-state index contributed by atoms with van der Waals surface area (Å²) in [6.45, 7) is 4.23. The first-order chi connectivity index (χ1) is 17.0. The minimum atomic E-state index is -0.444. The van der Waals surface area contributed by atoms with Crippen LogP contribution in [-0.4, -0.2) is 28.9 Å². The summed E-state index contributed by atoms with van der Waals surface area (Å²) in [5, 5.41) is 1.62. The van der Waals surface area contributed by atoms with Gasteiger partial charge in [0, 0.05) is 10.8 Å². The van der Waals surface area contributed by atoms with Crippen LogP contribution in [0.1, 0.15) is 33.3 Å². The zero-order valence-corrected chi connectivity index (χ0v) is 21.4. The number of rotatable bonds is 7. The van der Waals surface area contributed by atoms with Crippen LogP contribution in [0.15, 0.2) is 52.4 Å². The molecule has 0 bridgehead atoms. The third-order valence-corrected chi connectivity index (χ3v) is 8.13. The van der Waals surface area contributed by atoms with Gasteiger partial charge < -0.3 is 14.2 Å². The summed E-state index contributed by atoms with van der Waals surface area (Å²) in [6, 6.07) is 13.2. The Labute approximate surface area is 214 Å². The van der Waals surface area contributed by atoms with Crippen molar-refractivity contribution in [1.29, 1.82) is 0 Å². The molecule has 1 aliphatic rings. The van der Waals surface area contributed by atoms with Crippen molar-refractivity contribution in [3.05, 3.63) is 79.4 Å². The molecule has 180 valence electrons. The van der Waals surface area contributed by atoms with Gasteiger partial charge in [-0.3, -0.25) is 9.36 Å². The molecule has 5 rings (SSSR count). The van der Waals surface area contributed by atoms with Crippen molar-refractivity contribution >= 4 is 50.9 Å². The lowest BCUT2D eigenvalue weighted by atomic mass is 10.2. The Morgan fingerprint density at radius 2 is 2.03 bits per heavy atom. The van der Waals surface area contributed by atoms with Gasteiger partial charge in [0.05, 0.1) is 18.5 Å². The summed E-state index contributed by atoms with van der Waals surface area (Å²) in [7, 11) is 0. The van der Waals surface area contributed by atoms with E-state index in [0.717, 1.165) is 11.1 Å². The molecule has 3 heterocycles. The molecule has 35 heavy (non-hydrogen) atoms. The number of carbonyl (C=O) groups is 1. The SMILES string of the molecule is CCOC(=O)c1sc2nc(SCc3ccccc3Cl)n(Cc3ccc4c(c3)OCO4)c(=O)c2c1C. The molecule has 0 N–H and O–H groups in total. The Balaban J connectivity index is 1.59. The molecule has 0 fully saturated rings. The molecule has 10 heteroatoms. The molecule has 0 spiro atoms. The second-order valence-electron chi connectivity index (χ2n) is 7.81. The number of halogens is 1. The Bertz CT molecular complexity index is 1500. The summed E-state index contributed by atoms with van der Waals surface area (Å²) < 4.78 is 17.7. The van der Waals surface area contributed by atoms with E-state index in [1.54, 1.807) is 18.4 Å². The van der Waals surface area contributed by atoms with E-state index >= 15 is 0 Å². The summed E-state index contributed by atoms with van der Waals surface area (Å²) >= 11 is 8.96. The molecule has 7 nitrogen and oxygen atoms in total. The molecule has 4 aromatic rings. The average Bonchev–Trinajstić information content (AvgIpc) is 3.44. The van der Waals surface area contributed by atoms with Crippen molar-refractivity contribution in [2.24, 2.45) is 0 Å². The summed E-state index contributed by atoms with van der Waals surface area (Å²) in [5.41, 5.74) is 2.19. The van der Waals surface area contributed by atoms with E-state index in [2.05, 4.69) is 0 Å². The molecule has 0 radical (unpaired) electrons. The summed E-state index contributed by atoms with van der Waals surface area (Å²) in [6.07, 6.45) is 0. The van der Waals surface area contributed by atoms with Crippen molar-refractivity contribution < 1.29 is 19.0 Å². The van der Waals surface area contributed by atoms with E-state index in [9.17, 15) is 9.59 Å². The van der Waals surface area contributed by atoms with Gasteiger partial charge in [-0.15, -0.1) is 11.3 Å². The quantitative estimate of drug-likeness (QED) is 0.174. The fraction of sp³-hybridized carbons (Fsp3) is 0.240. The molecule has 2 aromatic carbocycles. The molecule has 0 atom stereocenters. The number of thioether (sulfide) groups is 1. The van der Waals surface area contributed by atoms with Crippen LogP contribution in [0, 0.1) is 6.92 Å². The maximum atomic E-state index is 13.8. The van der Waals surface area contributed by atoms with Crippen molar-refractivity contribution in [3.8, 4) is 11.5 Å². The van der Waals surface area contributed by atoms with Crippen molar-refractivity contribution in [3.63, 3.8) is 0 Å². The highest BCUT2D eigenvalue weighted by Gasteiger charge is 2.23.